The van der Waals surface area contributed by atoms with Gasteiger partial charge in [-0.2, -0.15) is 0 Å². The number of oxime groups is 1. The van der Waals surface area contributed by atoms with Gasteiger partial charge < -0.3 is 26.7 Å². The molecule has 0 amide bonds. The monoisotopic (exact) mass is 627 g/mol. The summed E-state index contributed by atoms with van der Waals surface area (Å²) < 4.78 is 39.7. The van der Waals surface area contributed by atoms with Gasteiger partial charge in [0.05, 0.1) is 19.3 Å². The molecule has 0 saturated carbocycles. The van der Waals surface area contributed by atoms with Crippen molar-refractivity contribution in [3.63, 3.8) is 0 Å². The van der Waals surface area contributed by atoms with E-state index < -0.39 is 56.0 Å². The van der Waals surface area contributed by atoms with Crippen LogP contribution in [0.3, 0.4) is 0 Å². The minimum Gasteiger partial charge on any atom is -0.456 e. The number of rotatable bonds is 17. The Kier molecular flexibility index (Phi) is 14.2. The van der Waals surface area contributed by atoms with Crippen molar-refractivity contribution in [2.24, 2.45) is 5.16 Å². The van der Waals surface area contributed by atoms with Crippen molar-refractivity contribution in [1.29, 1.82) is 0 Å². The molecular weight excluding hydrogens is 567 g/mol. The summed E-state index contributed by atoms with van der Waals surface area (Å²) in [4.78, 5) is 0. The van der Waals surface area contributed by atoms with E-state index in [0.29, 0.717) is 13.2 Å². The van der Waals surface area contributed by atoms with E-state index in [2.05, 4.69) is 118 Å². The molecule has 0 aliphatic carbocycles. The van der Waals surface area contributed by atoms with Crippen LogP contribution in [0.1, 0.15) is 0 Å². The molecule has 0 radical (unpaired) electrons. The van der Waals surface area contributed by atoms with Crippen molar-refractivity contribution in [3.05, 3.63) is 0 Å². The lowest BCUT2D eigenvalue weighted by atomic mass is 10.0. The van der Waals surface area contributed by atoms with Gasteiger partial charge in [-0.3, -0.25) is 0 Å². The van der Waals surface area contributed by atoms with E-state index in [0.717, 1.165) is 5.71 Å². The fourth-order valence-electron chi connectivity index (χ4n) is 3.08. The molecule has 222 valence electrons. The highest BCUT2D eigenvalue weighted by Crippen LogP contribution is 2.26. The zero-order valence-electron chi connectivity index (χ0n) is 27.5. The van der Waals surface area contributed by atoms with Crippen LogP contribution in [-0.4, -0.2) is 87.1 Å². The van der Waals surface area contributed by atoms with Gasteiger partial charge in [-0.05, 0) is 118 Å². The lowest BCUT2D eigenvalue weighted by Crippen LogP contribution is -2.58. The molecule has 37 heavy (non-hydrogen) atoms. The van der Waals surface area contributed by atoms with Crippen molar-refractivity contribution in [3.8, 4) is 0 Å². The highest BCUT2D eigenvalue weighted by Gasteiger charge is 2.43. The van der Waals surface area contributed by atoms with E-state index in [1.807, 2.05) is 0 Å². The SMILES string of the molecule is C[Si](C)(C)OC/C(=N\O[Si](C)(C)C)C(O[Si](C)(C)C)C(O[Si](C)(C)C)C(CO[Si](C)(C)C)O[Si](C)(C)C. The Morgan fingerprint density at radius 2 is 0.946 bits per heavy atom. The van der Waals surface area contributed by atoms with Gasteiger partial charge in [0.2, 0.25) is 0 Å². The zero-order chi connectivity index (χ0) is 29.7. The first-order valence-electron chi connectivity index (χ1n) is 13.6. The van der Waals surface area contributed by atoms with Crippen LogP contribution in [0, 0.1) is 0 Å². The van der Waals surface area contributed by atoms with Crippen molar-refractivity contribution < 1.29 is 26.7 Å². The maximum absolute atomic E-state index is 6.96. The Morgan fingerprint density at radius 3 is 1.30 bits per heavy atom. The van der Waals surface area contributed by atoms with E-state index in [1.54, 1.807) is 0 Å². The zero-order valence-corrected chi connectivity index (χ0v) is 33.5. The van der Waals surface area contributed by atoms with Crippen LogP contribution in [0.4, 0.5) is 0 Å². The highest BCUT2D eigenvalue weighted by atomic mass is 28.4. The Balaban J connectivity index is 6.94. The Labute approximate surface area is 236 Å². The van der Waals surface area contributed by atoms with Crippen molar-refractivity contribution >= 4 is 55.6 Å². The van der Waals surface area contributed by atoms with E-state index in [1.165, 1.54) is 0 Å². The molecule has 7 nitrogen and oxygen atoms in total. The molecule has 0 aromatic rings. The van der Waals surface area contributed by atoms with E-state index >= 15 is 0 Å². The van der Waals surface area contributed by atoms with Gasteiger partial charge in [-0.25, -0.2) is 0 Å². The molecule has 0 spiro atoms. The largest absolute Gasteiger partial charge is 0.456 e. The maximum atomic E-state index is 6.96. The molecule has 13 heteroatoms. The minimum atomic E-state index is -2.05. The molecule has 0 aliphatic rings. The summed E-state index contributed by atoms with van der Waals surface area (Å²) in [7, 11) is -11.6. The fourth-order valence-corrected chi connectivity index (χ4v) is 7.95. The predicted octanol–water partition coefficient (Wildman–Crippen LogP) is 7.56. The molecule has 0 aromatic heterocycles. The Bertz CT molecular complexity index is 712. The van der Waals surface area contributed by atoms with Crippen LogP contribution in [0.25, 0.3) is 0 Å². The molecule has 0 rings (SSSR count). The van der Waals surface area contributed by atoms with E-state index in [-0.39, 0.29) is 12.2 Å². The summed E-state index contributed by atoms with van der Waals surface area (Å²) in [6.07, 6.45) is -1.11. The third kappa shape index (κ3) is 21.0. The number of hydrogen-bond acceptors (Lipinski definition) is 7. The smallest absolute Gasteiger partial charge is 0.278 e. The van der Waals surface area contributed by atoms with Crippen LogP contribution in [0.15, 0.2) is 5.16 Å². The summed E-state index contributed by atoms with van der Waals surface area (Å²) in [5.41, 5.74) is 0.757. The van der Waals surface area contributed by atoms with Gasteiger partial charge in [0.25, 0.3) is 8.32 Å². The van der Waals surface area contributed by atoms with Gasteiger partial charge in [0, 0.05) is 0 Å². The number of hydrogen-bond donors (Lipinski definition) is 0. The first-order valence-corrected chi connectivity index (χ1v) is 34.1. The average molecular weight is 628 g/mol. The van der Waals surface area contributed by atoms with Crippen LogP contribution < -0.4 is 0 Å². The van der Waals surface area contributed by atoms with Gasteiger partial charge in [0.1, 0.15) is 17.9 Å². The third-order valence-corrected chi connectivity index (χ3v) is 9.87. The highest BCUT2D eigenvalue weighted by molar-refractivity contribution is 6.72. The molecule has 0 N–H and O–H groups in total. The first-order chi connectivity index (χ1) is 16.1. The standard InChI is InChI=1S/C24H61NO6Si6/c1-32(2,3)26-19-21(25-31-37(16,17)18)23(29-35(10,11)12)24(30-36(13,14)15)22(28-34(7,8)9)20-27-33(4,5)6/h22-24H,19-20H2,1-18H3/b25-21+. The van der Waals surface area contributed by atoms with Gasteiger partial charge in [0.15, 0.2) is 41.6 Å². The predicted molar refractivity (Wildman–Crippen MR) is 175 cm³/mol. The molecule has 0 saturated heterocycles. The second-order valence-corrected chi connectivity index (χ2v) is 42.5. The minimum absolute atomic E-state index is 0.282. The maximum Gasteiger partial charge on any atom is 0.278 e. The summed E-state index contributed by atoms with van der Waals surface area (Å²) in [6.45, 7) is 40.3. The summed E-state index contributed by atoms with van der Waals surface area (Å²) in [6, 6.07) is 0. The Morgan fingerprint density at radius 1 is 0.514 bits per heavy atom. The second-order valence-electron chi connectivity index (χ2n) is 15.7. The average Bonchev–Trinajstić information content (AvgIpc) is 2.57. The lowest BCUT2D eigenvalue weighted by Gasteiger charge is -2.42. The normalized spacial score (nSPS) is 17.5. The molecule has 0 aliphatic heterocycles. The summed E-state index contributed by atoms with van der Waals surface area (Å²) >= 11 is 0. The van der Waals surface area contributed by atoms with E-state index in [4.69, 9.17) is 31.8 Å². The topological polar surface area (TPSA) is 67.7 Å². The quantitative estimate of drug-likeness (QED) is 0.0942. The van der Waals surface area contributed by atoms with Crippen LogP contribution in [0.5, 0.6) is 0 Å². The van der Waals surface area contributed by atoms with Crippen LogP contribution >= 0.6 is 0 Å². The van der Waals surface area contributed by atoms with Crippen molar-refractivity contribution in [2.75, 3.05) is 13.2 Å². The summed E-state index contributed by atoms with van der Waals surface area (Å²) in [5.74, 6) is 0. The molecule has 3 atom stereocenters. The third-order valence-electron chi connectivity index (χ3n) is 4.24. The molecule has 0 aromatic carbocycles. The Hall–Kier alpha value is 0.571. The first kappa shape index (κ1) is 37.6. The second kappa shape index (κ2) is 14.0. The van der Waals surface area contributed by atoms with Crippen molar-refractivity contribution in [1.82, 2.24) is 0 Å². The molecule has 3 unspecified atom stereocenters. The molecule has 0 bridgehead atoms. The fraction of sp³-hybridized carbons (Fsp3) is 0.958. The molecule has 0 heterocycles. The van der Waals surface area contributed by atoms with Crippen LogP contribution in [0.2, 0.25) is 118 Å². The lowest BCUT2D eigenvalue weighted by molar-refractivity contribution is -0.0303. The number of nitrogens with zero attached hydrogens (tertiary/aromatic N) is 1. The molecular formula is C24H61NO6Si6. The van der Waals surface area contributed by atoms with Gasteiger partial charge >= 0.3 is 0 Å². The van der Waals surface area contributed by atoms with Gasteiger partial charge in [-0.1, -0.05) is 0 Å². The summed E-state index contributed by atoms with van der Waals surface area (Å²) in [5, 5.41) is 4.75. The van der Waals surface area contributed by atoms with Crippen molar-refractivity contribution in [2.45, 2.75) is 136 Å². The van der Waals surface area contributed by atoms with E-state index in [9.17, 15) is 0 Å². The molecule has 0 fully saturated rings. The van der Waals surface area contributed by atoms with Crippen LogP contribution in [-0.2, 0) is 26.7 Å². The van der Waals surface area contributed by atoms with Gasteiger partial charge in [-0.15, -0.1) is 5.16 Å².